The first kappa shape index (κ1) is 15.2. The molecular formula is C16H18F3NO2. The van der Waals surface area contributed by atoms with Crippen LogP contribution >= 0.6 is 0 Å². The summed E-state index contributed by atoms with van der Waals surface area (Å²) < 4.78 is 45.0. The maximum atomic E-state index is 13.1. The van der Waals surface area contributed by atoms with E-state index < -0.39 is 29.5 Å². The van der Waals surface area contributed by atoms with E-state index in [9.17, 15) is 18.0 Å². The molecule has 0 saturated heterocycles. The lowest BCUT2D eigenvalue weighted by atomic mass is 9.98. The Morgan fingerprint density at radius 2 is 1.91 bits per heavy atom. The van der Waals surface area contributed by atoms with Crippen LogP contribution in [-0.2, 0) is 4.79 Å². The molecule has 2 aliphatic rings. The number of para-hydroxylation sites is 2. The number of hydrogen-bond donors (Lipinski definition) is 0. The lowest BCUT2D eigenvalue weighted by molar-refractivity contribution is -0.190. The lowest BCUT2D eigenvalue weighted by Gasteiger charge is -2.40. The van der Waals surface area contributed by atoms with Crippen LogP contribution in [0.15, 0.2) is 24.3 Å². The molecule has 6 heteroatoms. The van der Waals surface area contributed by atoms with E-state index in [4.69, 9.17) is 4.74 Å². The van der Waals surface area contributed by atoms with Gasteiger partial charge in [0.05, 0.1) is 17.6 Å². The number of benzene rings is 1. The Morgan fingerprint density at radius 1 is 1.27 bits per heavy atom. The highest BCUT2D eigenvalue weighted by molar-refractivity contribution is 5.96. The Hall–Kier alpha value is -1.72. The molecule has 3 nitrogen and oxygen atoms in total. The number of ether oxygens (including phenoxy) is 1. The zero-order valence-corrected chi connectivity index (χ0v) is 12.5. The van der Waals surface area contributed by atoms with Crippen LogP contribution in [0.1, 0.15) is 33.1 Å². The zero-order valence-electron chi connectivity index (χ0n) is 12.5. The molecule has 1 heterocycles. The number of alkyl halides is 3. The van der Waals surface area contributed by atoms with Gasteiger partial charge in [-0.1, -0.05) is 12.1 Å². The van der Waals surface area contributed by atoms with Gasteiger partial charge in [0, 0.05) is 6.42 Å². The van der Waals surface area contributed by atoms with E-state index in [0.29, 0.717) is 11.4 Å². The lowest BCUT2D eigenvalue weighted by Crippen LogP contribution is -2.50. The maximum Gasteiger partial charge on any atom is 0.395 e. The van der Waals surface area contributed by atoms with Gasteiger partial charge in [-0.2, -0.15) is 13.2 Å². The van der Waals surface area contributed by atoms with Gasteiger partial charge in [-0.05, 0) is 38.8 Å². The number of carbonyl (C=O) groups is 1. The number of rotatable bonds is 2. The number of fused-ring (bicyclic) bond motifs is 1. The quantitative estimate of drug-likeness (QED) is 0.828. The molecule has 0 aromatic heterocycles. The minimum Gasteiger partial charge on any atom is -0.484 e. The second-order valence-corrected chi connectivity index (χ2v) is 6.76. The van der Waals surface area contributed by atoms with Crippen molar-refractivity contribution in [2.75, 3.05) is 11.4 Å². The predicted molar refractivity (Wildman–Crippen MR) is 75.8 cm³/mol. The molecular weight excluding hydrogens is 295 g/mol. The van der Waals surface area contributed by atoms with Crippen LogP contribution in [0.25, 0.3) is 0 Å². The van der Waals surface area contributed by atoms with Crippen molar-refractivity contribution in [2.24, 2.45) is 5.41 Å². The van der Waals surface area contributed by atoms with Gasteiger partial charge in [-0.15, -0.1) is 0 Å². The summed E-state index contributed by atoms with van der Waals surface area (Å²) in [6.45, 7) is 3.89. The van der Waals surface area contributed by atoms with Crippen molar-refractivity contribution in [2.45, 2.75) is 44.9 Å². The Labute approximate surface area is 127 Å². The minimum absolute atomic E-state index is 0.0393. The highest BCUT2D eigenvalue weighted by atomic mass is 19.4. The van der Waals surface area contributed by atoms with E-state index in [0.717, 1.165) is 0 Å². The molecule has 120 valence electrons. The van der Waals surface area contributed by atoms with Gasteiger partial charge in [0.15, 0.2) is 0 Å². The fourth-order valence-corrected chi connectivity index (χ4v) is 2.88. The molecule has 1 aromatic carbocycles. The van der Waals surface area contributed by atoms with E-state index in [-0.39, 0.29) is 19.4 Å². The molecule has 1 saturated carbocycles. The monoisotopic (exact) mass is 313 g/mol. The number of anilines is 1. The third-order valence-electron chi connectivity index (χ3n) is 4.33. The van der Waals surface area contributed by atoms with Crippen LogP contribution in [0.3, 0.4) is 0 Å². The Morgan fingerprint density at radius 3 is 2.50 bits per heavy atom. The molecule has 0 atom stereocenters. The SMILES string of the molecule is CC1(C)CN(C(=O)CC2(C(F)(F)F)CC2)c2ccccc2O1. The molecule has 22 heavy (non-hydrogen) atoms. The van der Waals surface area contributed by atoms with Crippen LogP contribution in [0, 0.1) is 5.41 Å². The molecule has 0 bridgehead atoms. The van der Waals surface area contributed by atoms with Gasteiger partial charge in [-0.25, -0.2) is 0 Å². The number of nitrogens with zero attached hydrogens (tertiary/aromatic N) is 1. The predicted octanol–water partition coefficient (Wildman–Crippen LogP) is 3.92. The molecule has 1 fully saturated rings. The van der Waals surface area contributed by atoms with Gasteiger partial charge < -0.3 is 9.64 Å². The minimum atomic E-state index is -4.32. The van der Waals surface area contributed by atoms with Crippen molar-refractivity contribution in [3.8, 4) is 5.75 Å². The summed E-state index contributed by atoms with van der Waals surface area (Å²) in [6, 6.07) is 6.96. The van der Waals surface area contributed by atoms with Gasteiger partial charge in [0.1, 0.15) is 11.4 Å². The van der Waals surface area contributed by atoms with Gasteiger partial charge in [0.25, 0.3) is 0 Å². The average Bonchev–Trinajstić information content (AvgIpc) is 3.17. The van der Waals surface area contributed by atoms with Crippen molar-refractivity contribution >= 4 is 11.6 Å². The van der Waals surface area contributed by atoms with Gasteiger partial charge >= 0.3 is 6.18 Å². The van der Waals surface area contributed by atoms with E-state index in [2.05, 4.69) is 0 Å². The van der Waals surface area contributed by atoms with Crippen LogP contribution in [-0.4, -0.2) is 24.2 Å². The standard InChI is InChI=1S/C16H18F3NO2/c1-14(2)10-20(11-5-3-4-6-12(11)22-14)13(21)9-15(7-8-15)16(17,18)19/h3-6H,7-10H2,1-2H3. The second kappa shape index (κ2) is 4.64. The molecule has 0 unspecified atom stereocenters. The average molecular weight is 313 g/mol. The Bertz CT molecular complexity index is 606. The van der Waals surface area contributed by atoms with Crippen LogP contribution in [0.2, 0.25) is 0 Å². The molecule has 0 radical (unpaired) electrons. The number of amides is 1. The summed E-state index contributed by atoms with van der Waals surface area (Å²) in [7, 11) is 0. The molecule has 1 aliphatic heterocycles. The molecule has 0 spiro atoms. The van der Waals surface area contributed by atoms with Gasteiger partial charge in [0.2, 0.25) is 5.91 Å². The molecule has 0 N–H and O–H groups in total. The van der Waals surface area contributed by atoms with Crippen LogP contribution in [0.4, 0.5) is 18.9 Å². The number of halogens is 3. The Kier molecular flexibility index (Phi) is 3.20. The van der Waals surface area contributed by atoms with E-state index in [1.165, 1.54) is 4.90 Å². The maximum absolute atomic E-state index is 13.1. The number of hydrogen-bond acceptors (Lipinski definition) is 2. The first-order valence-corrected chi connectivity index (χ1v) is 7.29. The zero-order chi connectivity index (χ0) is 16.2. The molecule has 1 amide bonds. The normalized spacial score (nSPS) is 21.8. The Balaban J connectivity index is 1.87. The fraction of sp³-hybridized carbons (Fsp3) is 0.562. The topological polar surface area (TPSA) is 29.5 Å². The third kappa shape index (κ3) is 2.55. The van der Waals surface area contributed by atoms with E-state index in [1.807, 2.05) is 13.8 Å². The first-order chi connectivity index (χ1) is 10.1. The largest absolute Gasteiger partial charge is 0.484 e. The molecule has 1 aliphatic carbocycles. The summed E-state index contributed by atoms with van der Waals surface area (Å²) in [5, 5.41) is 0. The highest BCUT2D eigenvalue weighted by Gasteiger charge is 2.64. The van der Waals surface area contributed by atoms with Crippen molar-refractivity contribution in [1.29, 1.82) is 0 Å². The summed E-state index contributed by atoms with van der Waals surface area (Å²) >= 11 is 0. The van der Waals surface area contributed by atoms with Crippen molar-refractivity contribution in [1.82, 2.24) is 0 Å². The summed E-state index contributed by atoms with van der Waals surface area (Å²) in [4.78, 5) is 14.0. The van der Waals surface area contributed by atoms with Crippen LogP contribution < -0.4 is 9.64 Å². The molecule has 3 rings (SSSR count). The van der Waals surface area contributed by atoms with Crippen molar-refractivity contribution in [3.63, 3.8) is 0 Å². The number of carbonyl (C=O) groups excluding carboxylic acids is 1. The smallest absolute Gasteiger partial charge is 0.395 e. The fourth-order valence-electron chi connectivity index (χ4n) is 2.88. The van der Waals surface area contributed by atoms with E-state index in [1.54, 1.807) is 24.3 Å². The third-order valence-corrected chi connectivity index (χ3v) is 4.33. The van der Waals surface area contributed by atoms with Gasteiger partial charge in [-0.3, -0.25) is 4.79 Å². The highest BCUT2D eigenvalue weighted by Crippen LogP contribution is 2.60. The van der Waals surface area contributed by atoms with E-state index >= 15 is 0 Å². The summed E-state index contributed by atoms with van der Waals surface area (Å²) in [6.07, 6.45) is -4.72. The summed E-state index contributed by atoms with van der Waals surface area (Å²) in [5.74, 6) is 0.0441. The molecule has 1 aromatic rings. The van der Waals surface area contributed by atoms with Crippen molar-refractivity contribution in [3.05, 3.63) is 24.3 Å². The van der Waals surface area contributed by atoms with Crippen molar-refractivity contribution < 1.29 is 22.7 Å². The first-order valence-electron chi connectivity index (χ1n) is 7.29. The second-order valence-electron chi connectivity index (χ2n) is 6.76. The summed E-state index contributed by atoms with van der Waals surface area (Å²) in [5.41, 5.74) is -1.90. The van der Waals surface area contributed by atoms with Crippen LogP contribution in [0.5, 0.6) is 5.75 Å².